The highest BCUT2D eigenvalue weighted by atomic mass is 15.0. The average Bonchev–Trinajstić information content (AvgIpc) is 3.18. The van der Waals surface area contributed by atoms with Crippen LogP contribution in [0.15, 0.2) is 79.0 Å². The molecule has 2 atom stereocenters. The summed E-state index contributed by atoms with van der Waals surface area (Å²) in [5.41, 5.74) is 3.52. The molecule has 0 saturated carbocycles. The Morgan fingerprint density at radius 3 is 2.30 bits per heavy atom. The zero-order valence-corrected chi connectivity index (χ0v) is 13.2. The predicted octanol–water partition coefficient (Wildman–Crippen LogP) is 4.44. The van der Waals surface area contributed by atoms with E-state index in [2.05, 4.69) is 77.8 Å². The predicted molar refractivity (Wildman–Crippen MR) is 93.4 cm³/mol. The van der Waals surface area contributed by atoms with Crippen LogP contribution in [0.1, 0.15) is 35.6 Å². The molecule has 1 aliphatic rings. The second-order valence-electron chi connectivity index (χ2n) is 6.20. The van der Waals surface area contributed by atoms with Gasteiger partial charge in [-0.05, 0) is 36.1 Å². The molecule has 1 N–H and O–H groups in total. The Hall–Kier alpha value is -2.32. The molecule has 1 fully saturated rings. The molecular formula is C21H21N2. The van der Waals surface area contributed by atoms with Crippen molar-refractivity contribution in [3.05, 3.63) is 95.8 Å². The second-order valence-corrected chi connectivity index (χ2v) is 6.20. The maximum absolute atomic E-state index is 5.20. The van der Waals surface area contributed by atoms with Crippen LogP contribution in [0.25, 0.3) is 0 Å². The van der Waals surface area contributed by atoms with Crippen LogP contribution in [0.5, 0.6) is 0 Å². The van der Waals surface area contributed by atoms with Gasteiger partial charge in [0.15, 0.2) is 0 Å². The Kier molecular flexibility index (Phi) is 3.76. The molecule has 0 spiro atoms. The molecule has 115 valence electrons. The Bertz CT molecular complexity index is 734. The molecule has 2 heterocycles. The van der Waals surface area contributed by atoms with E-state index >= 15 is 0 Å². The summed E-state index contributed by atoms with van der Waals surface area (Å²) in [6.07, 6.45) is 4.31. The van der Waals surface area contributed by atoms with Crippen molar-refractivity contribution in [3.8, 4) is 0 Å². The van der Waals surface area contributed by atoms with E-state index in [1.165, 1.54) is 16.8 Å². The molecule has 1 saturated heterocycles. The monoisotopic (exact) mass is 301 g/mol. The van der Waals surface area contributed by atoms with Gasteiger partial charge in [-0.15, -0.1) is 0 Å². The fourth-order valence-electron chi connectivity index (χ4n) is 3.94. The first-order valence-electron chi connectivity index (χ1n) is 8.34. The van der Waals surface area contributed by atoms with Crippen LogP contribution in [0, 0.1) is 0 Å². The molecule has 0 aliphatic carbocycles. The summed E-state index contributed by atoms with van der Waals surface area (Å²) in [6, 6.07) is 25.8. The van der Waals surface area contributed by atoms with Crippen molar-refractivity contribution < 1.29 is 0 Å². The molecule has 0 bridgehead atoms. The molecule has 4 rings (SSSR count). The van der Waals surface area contributed by atoms with Gasteiger partial charge in [0.05, 0.1) is 0 Å². The molecule has 23 heavy (non-hydrogen) atoms. The van der Waals surface area contributed by atoms with Gasteiger partial charge in [0, 0.05) is 24.4 Å². The van der Waals surface area contributed by atoms with Crippen LogP contribution in [0.3, 0.4) is 0 Å². The minimum Gasteiger partial charge on any atom is -0.363 e. The average molecular weight is 301 g/mol. The first-order chi connectivity index (χ1) is 11.4. The summed E-state index contributed by atoms with van der Waals surface area (Å²) >= 11 is 0. The Morgan fingerprint density at radius 2 is 1.61 bits per heavy atom. The lowest BCUT2D eigenvalue weighted by Crippen LogP contribution is -2.47. The number of nitrogens with zero attached hydrogens (tertiary/aromatic N) is 1. The molecule has 0 amide bonds. The first-order valence-corrected chi connectivity index (χ1v) is 8.34. The fourth-order valence-corrected chi connectivity index (χ4v) is 3.94. The van der Waals surface area contributed by atoms with Crippen molar-refractivity contribution in [2.24, 2.45) is 0 Å². The van der Waals surface area contributed by atoms with Crippen LogP contribution in [-0.4, -0.2) is 11.5 Å². The van der Waals surface area contributed by atoms with Crippen LogP contribution in [0.2, 0.25) is 0 Å². The largest absolute Gasteiger partial charge is 0.363 e. The number of benzene rings is 2. The fraction of sp³-hybridized carbons (Fsp3) is 0.238. The smallest absolute Gasteiger partial charge is 0.107 e. The maximum atomic E-state index is 5.20. The summed E-state index contributed by atoms with van der Waals surface area (Å²) in [5.74, 6) is 0.360. The minimum absolute atomic E-state index is 0.315. The standard InChI is InChI=1S/C21H21N2/c1-3-9-17(10-4-1)19-13-7-16-23-21(19,20-14-8-15-22-20)18-11-5-2-6-12-18/h1-6,8-12,14-15,19,22H,7,13,16H2. The zero-order valence-electron chi connectivity index (χ0n) is 13.2. The number of hydrogen-bond donors (Lipinski definition) is 1. The van der Waals surface area contributed by atoms with E-state index in [-0.39, 0.29) is 5.54 Å². The van der Waals surface area contributed by atoms with Crippen molar-refractivity contribution >= 4 is 0 Å². The number of hydrogen-bond acceptors (Lipinski definition) is 0. The van der Waals surface area contributed by atoms with E-state index in [4.69, 9.17) is 5.32 Å². The van der Waals surface area contributed by atoms with Gasteiger partial charge < -0.3 is 4.98 Å². The molecular weight excluding hydrogens is 280 g/mol. The molecule has 2 nitrogen and oxygen atoms in total. The summed E-state index contributed by atoms with van der Waals surface area (Å²) in [6.45, 7) is 0.914. The van der Waals surface area contributed by atoms with Gasteiger partial charge in [-0.2, -0.15) is 0 Å². The third-order valence-electron chi connectivity index (χ3n) is 4.94. The minimum atomic E-state index is -0.315. The van der Waals surface area contributed by atoms with Gasteiger partial charge in [0.2, 0.25) is 0 Å². The van der Waals surface area contributed by atoms with Crippen LogP contribution in [-0.2, 0) is 5.54 Å². The van der Waals surface area contributed by atoms with E-state index in [9.17, 15) is 0 Å². The van der Waals surface area contributed by atoms with Crippen molar-refractivity contribution in [2.75, 3.05) is 6.54 Å². The van der Waals surface area contributed by atoms with Gasteiger partial charge >= 0.3 is 0 Å². The summed E-state index contributed by atoms with van der Waals surface area (Å²) < 4.78 is 0. The molecule has 2 aromatic carbocycles. The number of rotatable bonds is 3. The van der Waals surface area contributed by atoms with Gasteiger partial charge in [0.25, 0.3) is 0 Å². The van der Waals surface area contributed by atoms with E-state index < -0.39 is 0 Å². The Morgan fingerprint density at radius 1 is 0.870 bits per heavy atom. The Balaban J connectivity index is 1.92. The maximum Gasteiger partial charge on any atom is 0.107 e. The first kappa shape index (κ1) is 14.3. The van der Waals surface area contributed by atoms with Crippen molar-refractivity contribution in [3.63, 3.8) is 0 Å². The second kappa shape index (κ2) is 6.05. The van der Waals surface area contributed by atoms with Crippen LogP contribution in [0.4, 0.5) is 0 Å². The van der Waals surface area contributed by atoms with Crippen LogP contribution >= 0.6 is 0 Å². The number of piperidine rings is 1. The highest BCUT2D eigenvalue weighted by Crippen LogP contribution is 2.47. The lowest BCUT2D eigenvalue weighted by Gasteiger charge is -2.44. The van der Waals surface area contributed by atoms with Gasteiger partial charge in [-0.1, -0.05) is 60.7 Å². The van der Waals surface area contributed by atoms with Crippen molar-refractivity contribution in [2.45, 2.75) is 24.3 Å². The summed E-state index contributed by atoms with van der Waals surface area (Å²) in [7, 11) is 0. The number of aromatic amines is 1. The molecule has 2 heteroatoms. The van der Waals surface area contributed by atoms with Crippen molar-refractivity contribution in [1.29, 1.82) is 0 Å². The lowest BCUT2D eigenvalue weighted by atomic mass is 9.68. The van der Waals surface area contributed by atoms with Crippen LogP contribution < -0.4 is 5.32 Å². The number of nitrogens with one attached hydrogen (secondary N) is 1. The third kappa shape index (κ3) is 2.40. The molecule has 3 aromatic rings. The van der Waals surface area contributed by atoms with E-state index in [1.807, 2.05) is 6.20 Å². The highest BCUT2D eigenvalue weighted by molar-refractivity contribution is 5.42. The molecule has 1 radical (unpaired) electrons. The lowest BCUT2D eigenvalue weighted by molar-refractivity contribution is 0.251. The summed E-state index contributed by atoms with van der Waals surface area (Å²) in [5, 5.41) is 5.20. The van der Waals surface area contributed by atoms with Gasteiger partial charge in [0.1, 0.15) is 5.54 Å². The van der Waals surface area contributed by atoms with E-state index in [0.29, 0.717) is 5.92 Å². The SMILES string of the molecule is c1ccc(C2CCC[N]C2(c2ccccc2)c2ccc[nH]2)cc1. The molecule has 1 aliphatic heterocycles. The highest BCUT2D eigenvalue weighted by Gasteiger charge is 2.46. The Labute approximate surface area is 137 Å². The van der Waals surface area contributed by atoms with Gasteiger partial charge in [-0.3, -0.25) is 0 Å². The number of H-pyrrole nitrogens is 1. The number of aromatic nitrogens is 1. The van der Waals surface area contributed by atoms with E-state index in [1.54, 1.807) is 0 Å². The topological polar surface area (TPSA) is 29.9 Å². The van der Waals surface area contributed by atoms with Crippen molar-refractivity contribution in [1.82, 2.24) is 10.3 Å². The summed E-state index contributed by atoms with van der Waals surface area (Å²) in [4.78, 5) is 3.45. The van der Waals surface area contributed by atoms with Gasteiger partial charge in [-0.25, -0.2) is 5.32 Å². The quantitative estimate of drug-likeness (QED) is 0.741. The normalized spacial score (nSPS) is 24.4. The van der Waals surface area contributed by atoms with E-state index in [0.717, 1.165) is 19.4 Å². The third-order valence-corrected chi connectivity index (χ3v) is 4.94. The molecule has 2 unspecified atom stereocenters. The zero-order chi connectivity index (χ0) is 15.5. The molecule has 1 aromatic heterocycles.